The second-order valence-corrected chi connectivity index (χ2v) is 4.59. The van der Waals surface area contributed by atoms with Gasteiger partial charge in [0.05, 0.1) is 13.2 Å². The molecule has 0 radical (unpaired) electrons. The molecule has 0 unspecified atom stereocenters. The van der Waals surface area contributed by atoms with E-state index in [1.165, 1.54) is 4.67 Å². The highest BCUT2D eigenvalue weighted by Gasteiger charge is 2.30. The first-order valence-corrected chi connectivity index (χ1v) is 4.71. The summed E-state index contributed by atoms with van der Waals surface area (Å²) in [5, 5.41) is 0. The van der Waals surface area contributed by atoms with Crippen LogP contribution in [0.3, 0.4) is 0 Å². The number of rotatable bonds is 1. The van der Waals surface area contributed by atoms with Crippen LogP contribution in [0.1, 0.15) is 6.42 Å². The minimum absolute atomic E-state index is 0.537. The van der Waals surface area contributed by atoms with Crippen LogP contribution < -0.4 is 0 Å². The van der Waals surface area contributed by atoms with Crippen molar-refractivity contribution in [3.63, 3.8) is 0 Å². The second-order valence-electron chi connectivity index (χ2n) is 2.34. The van der Waals surface area contributed by atoms with Gasteiger partial charge >= 0.3 is 7.75 Å². The average Bonchev–Trinajstić information content (AvgIpc) is 1.89. The molecule has 1 saturated heterocycles. The molecule has 1 aliphatic rings. The quantitative estimate of drug-likeness (QED) is 0.545. The molecule has 0 aliphatic carbocycles. The average molecular weight is 165 g/mol. The zero-order valence-corrected chi connectivity index (χ0v) is 7.13. The van der Waals surface area contributed by atoms with Crippen molar-refractivity contribution in [1.29, 1.82) is 0 Å². The highest BCUT2D eigenvalue weighted by atomic mass is 31.2. The number of hydrogen-bond acceptors (Lipinski definition) is 3. The van der Waals surface area contributed by atoms with E-state index in [0.29, 0.717) is 13.2 Å². The first-order valence-electron chi connectivity index (χ1n) is 3.22. The van der Waals surface area contributed by atoms with Crippen molar-refractivity contribution in [1.82, 2.24) is 4.67 Å². The molecule has 5 heteroatoms. The Morgan fingerprint density at radius 2 is 1.80 bits per heavy atom. The fourth-order valence-corrected chi connectivity index (χ4v) is 1.94. The van der Waals surface area contributed by atoms with Crippen LogP contribution in [0.25, 0.3) is 0 Å². The van der Waals surface area contributed by atoms with E-state index in [-0.39, 0.29) is 0 Å². The zero-order valence-electron chi connectivity index (χ0n) is 6.24. The van der Waals surface area contributed by atoms with Gasteiger partial charge in [0, 0.05) is 0 Å². The summed E-state index contributed by atoms with van der Waals surface area (Å²) in [7, 11) is 0.521. The first-order chi connectivity index (χ1) is 4.65. The van der Waals surface area contributed by atoms with Crippen molar-refractivity contribution in [2.24, 2.45) is 0 Å². The van der Waals surface area contributed by atoms with Crippen molar-refractivity contribution < 1.29 is 13.6 Å². The zero-order chi connectivity index (χ0) is 7.61. The maximum absolute atomic E-state index is 11.4. The van der Waals surface area contributed by atoms with Crippen LogP contribution in [-0.4, -0.2) is 32.0 Å². The Balaban J connectivity index is 2.57. The van der Waals surface area contributed by atoms with Gasteiger partial charge in [0.25, 0.3) is 0 Å². The van der Waals surface area contributed by atoms with Gasteiger partial charge in [-0.2, -0.15) is 0 Å². The molecule has 60 valence electrons. The molecule has 1 aliphatic heterocycles. The summed E-state index contributed by atoms with van der Waals surface area (Å²) in [6, 6.07) is 0. The van der Waals surface area contributed by atoms with E-state index in [1.807, 2.05) is 0 Å². The van der Waals surface area contributed by atoms with E-state index in [4.69, 9.17) is 9.05 Å². The molecular weight excluding hydrogens is 153 g/mol. The van der Waals surface area contributed by atoms with E-state index in [9.17, 15) is 4.57 Å². The van der Waals surface area contributed by atoms with Gasteiger partial charge in [-0.05, 0) is 20.5 Å². The molecule has 0 atom stereocenters. The Bertz CT molecular complexity index is 149. The Morgan fingerprint density at radius 1 is 1.30 bits per heavy atom. The lowest BCUT2D eigenvalue weighted by Crippen LogP contribution is -2.18. The number of hydrogen-bond donors (Lipinski definition) is 0. The van der Waals surface area contributed by atoms with Gasteiger partial charge < -0.3 is 0 Å². The van der Waals surface area contributed by atoms with E-state index >= 15 is 0 Å². The normalized spacial score (nSPS) is 25.1. The van der Waals surface area contributed by atoms with Gasteiger partial charge in [-0.25, -0.2) is 9.24 Å². The van der Waals surface area contributed by atoms with Crippen molar-refractivity contribution >= 4 is 7.75 Å². The third-order valence-electron chi connectivity index (χ3n) is 1.29. The summed E-state index contributed by atoms with van der Waals surface area (Å²) < 4.78 is 22.9. The SMILES string of the molecule is CN(C)P1(=O)OCCCO1. The Morgan fingerprint density at radius 3 is 2.10 bits per heavy atom. The summed E-state index contributed by atoms with van der Waals surface area (Å²) in [6.45, 7) is 1.07. The van der Waals surface area contributed by atoms with Crippen LogP contribution >= 0.6 is 7.75 Å². The smallest absolute Gasteiger partial charge is 0.297 e. The summed E-state index contributed by atoms with van der Waals surface area (Å²) in [4.78, 5) is 0. The Labute approximate surface area is 60.7 Å². The minimum Gasteiger partial charge on any atom is -0.297 e. The molecular formula is C5H12NO3P. The van der Waals surface area contributed by atoms with Gasteiger partial charge in [-0.15, -0.1) is 0 Å². The van der Waals surface area contributed by atoms with Gasteiger partial charge in [0.1, 0.15) is 0 Å². The van der Waals surface area contributed by atoms with Crippen molar-refractivity contribution in [2.45, 2.75) is 6.42 Å². The van der Waals surface area contributed by atoms with Crippen LogP contribution in [0.5, 0.6) is 0 Å². The highest BCUT2D eigenvalue weighted by Crippen LogP contribution is 2.51. The van der Waals surface area contributed by atoms with Crippen LogP contribution in [0.15, 0.2) is 0 Å². The molecule has 1 fully saturated rings. The molecule has 0 spiro atoms. The molecule has 1 rings (SSSR count). The molecule has 0 N–H and O–H groups in total. The Hall–Kier alpha value is 0.110. The third-order valence-corrected chi connectivity index (χ3v) is 3.28. The molecule has 1 heterocycles. The van der Waals surface area contributed by atoms with Crippen LogP contribution in [0.4, 0.5) is 0 Å². The van der Waals surface area contributed by atoms with Crippen LogP contribution in [0, 0.1) is 0 Å². The molecule has 0 saturated carbocycles. The monoisotopic (exact) mass is 165 g/mol. The molecule has 10 heavy (non-hydrogen) atoms. The standard InChI is InChI=1S/C5H12NO3P/c1-6(2)10(7)8-4-3-5-9-10/h3-5H2,1-2H3. The Kier molecular flexibility index (Phi) is 2.47. The first kappa shape index (κ1) is 8.21. The van der Waals surface area contributed by atoms with Crippen LogP contribution in [-0.2, 0) is 13.6 Å². The van der Waals surface area contributed by atoms with Gasteiger partial charge in [-0.1, -0.05) is 0 Å². The van der Waals surface area contributed by atoms with Gasteiger partial charge in [0.2, 0.25) is 0 Å². The maximum Gasteiger partial charge on any atom is 0.407 e. The van der Waals surface area contributed by atoms with Crippen molar-refractivity contribution in [3.05, 3.63) is 0 Å². The van der Waals surface area contributed by atoms with E-state index < -0.39 is 7.75 Å². The summed E-state index contributed by atoms with van der Waals surface area (Å²) in [5.74, 6) is 0. The molecule has 0 bridgehead atoms. The molecule has 0 amide bonds. The molecule has 0 aromatic rings. The van der Waals surface area contributed by atoms with E-state index in [0.717, 1.165) is 6.42 Å². The summed E-state index contributed by atoms with van der Waals surface area (Å²) in [6.07, 6.45) is 0.831. The predicted octanol–water partition coefficient (Wildman–Crippen LogP) is 1.09. The molecule has 0 aromatic heterocycles. The van der Waals surface area contributed by atoms with Gasteiger partial charge in [0.15, 0.2) is 0 Å². The fourth-order valence-electron chi connectivity index (χ4n) is 0.687. The molecule has 0 aromatic carbocycles. The van der Waals surface area contributed by atoms with Gasteiger partial charge in [-0.3, -0.25) is 9.05 Å². The van der Waals surface area contributed by atoms with E-state index in [1.54, 1.807) is 14.1 Å². The summed E-state index contributed by atoms with van der Waals surface area (Å²) >= 11 is 0. The number of nitrogens with zero attached hydrogens (tertiary/aromatic N) is 1. The lowest BCUT2D eigenvalue weighted by atomic mass is 10.5. The lowest BCUT2D eigenvalue weighted by molar-refractivity contribution is 0.120. The van der Waals surface area contributed by atoms with E-state index in [2.05, 4.69) is 0 Å². The largest absolute Gasteiger partial charge is 0.407 e. The maximum atomic E-state index is 11.4. The second kappa shape index (κ2) is 3.01. The lowest BCUT2D eigenvalue weighted by Gasteiger charge is -2.26. The summed E-state index contributed by atoms with van der Waals surface area (Å²) in [5.41, 5.74) is 0. The highest BCUT2D eigenvalue weighted by molar-refractivity contribution is 7.51. The fraction of sp³-hybridized carbons (Fsp3) is 1.00. The molecule has 4 nitrogen and oxygen atoms in total. The van der Waals surface area contributed by atoms with Crippen LogP contribution in [0.2, 0.25) is 0 Å². The topological polar surface area (TPSA) is 38.8 Å². The van der Waals surface area contributed by atoms with Crippen molar-refractivity contribution in [3.8, 4) is 0 Å². The predicted molar refractivity (Wildman–Crippen MR) is 37.8 cm³/mol. The van der Waals surface area contributed by atoms with Crippen molar-refractivity contribution in [2.75, 3.05) is 27.3 Å². The minimum atomic E-state index is -2.85. The third kappa shape index (κ3) is 1.58.